The molecule has 0 saturated heterocycles. The number of thiazole rings is 1. The van der Waals surface area contributed by atoms with Gasteiger partial charge in [0.2, 0.25) is 11.8 Å². The highest BCUT2D eigenvalue weighted by molar-refractivity contribution is 7.16. The molecule has 0 bridgehead atoms. The standard InChI is InChI=1S/C18H17N9OS/c1-28-14-3-6-20-17(23-14)25-18-24-15-12-8-22-26-16(12)27(7-4-13(15)29-18)9-11-2-5-19-10-21-11/h2-3,5-6,8,10H,4,7,9H2,1H3,(H,22,26)(H,20,23,24,25). The van der Waals surface area contributed by atoms with Crippen molar-refractivity contribution in [3.63, 3.8) is 0 Å². The molecule has 5 rings (SSSR count). The van der Waals surface area contributed by atoms with Crippen LogP contribution in [0.2, 0.25) is 0 Å². The van der Waals surface area contributed by atoms with Crippen LogP contribution in [0.4, 0.5) is 16.9 Å². The van der Waals surface area contributed by atoms with Gasteiger partial charge in [-0.25, -0.2) is 19.9 Å². The second-order valence-corrected chi connectivity index (χ2v) is 7.43. The molecule has 0 saturated carbocycles. The van der Waals surface area contributed by atoms with E-state index in [1.807, 2.05) is 12.3 Å². The number of nitrogens with one attached hydrogen (secondary N) is 2. The predicted octanol–water partition coefficient (Wildman–Crippen LogP) is 2.43. The Bertz CT molecular complexity index is 1130. The summed E-state index contributed by atoms with van der Waals surface area (Å²) >= 11 is 1.60. The number of ether oxygens (including phenoxy) is 1. The number of hydrogen-bond acceptors (Lipinski definition) is 10. The summed E-state index contributed by atoms with van der Waals surface area (Å²) < 4.78 is 5.15. The van der Waals surface area contributed by atoms with Crippen molar-refractivity contribution >= 4 is 28.2 Å². The SMILES string of the molecule is COc1ccnc(Nc2nc3c(s2)CCN(Cc2ccncn2)c2[nH]ncc2-3)n1. The molecular weight excluding hydrogens is 390 g/mol. The van der Waals surface area contributed by atoms with Gasteiger partial charge in [0.25, 0.3) is 0 Å². The van der Waals surface area contributed by atoms with Gasteiger partial charge >= 0.3 is 0 Å². The second kappa shape index (κ2) is 7.43. The van der Waals surface area contributed by atoms with Crippen molar-refractivity contribution in [1.82, 2.24) is 35.1 Å². The number of fused-ring (bicyclic) bond motifs is 3. The highest BCUT2D eigenvalue weighted by Crippen LogP contribution is 2.39. The van der Waals surface area contributed by atoms with Crippen LogP contribution >= 0.6 is 11.3 Å². The first-order valence-corrected chi connectivity index (χ1v) is 9.79. The molecule has 0 atom stereocenters. The molecule has 4 aromatic heterocycles. The smallest absolute Gasteiger partial charge is 0.232 e. The number of aromatic nitrogens is 7. The third-order valence-corrected chi connectivity index (χ3v) is 5.58. The highest BCUT2D eigenvalue weighted by Gasteiger charge is 2.25. The van der Waals surface area contributed by atoms with Crippen molar-refractivity contribution in [2.24, 2.45) is 0 Å². The van der Waals surface area contributed by atoms with Gasteiger partial charge in [-0.3, -0.25) is 10.4 Å². The molecule has 0 amide bonds. The fourth-order valence-electron chi connectivity index (χ4n) is 3.20. The normalized spacial score (nSPS) is 12.8. The van der Waals surface area contributed by atoms with Crippen molar-refractivity contribution in [1.29, 1.82) is 0 Å². The van der Waals surface area contributed by atoms with Crippen LogP contribution < -0.4 is 15.0 Å². The predicted molar refractivity (Wildman–Crippen MR) is 108 cm³/mol. The summed E-state index contributed by atoms with van der Waals surface area (Å²) in [7, 11) is 1.57. The zero-order chi connectivity index (χ0) is 19.6. The average Bonchev–Trinajstić information content (AvgIpc) is 3.36. The van der Waals surface area contributed by atoms with E-state index in [1.54, 1.807) is 43.2 Å². The summed E-state index contributed by atoms with van der Waals surface area (Å²) in [4.78, 5) is 25.0. The Hall–Kier alpha value is -3.60. The van der Waals surface area contributed by atoms with E-state index in [1.165, 1.54) is 4.88 Å². The summed E-state index contributed by atoms with van der Waals surface area (Å²) in [6.07, 6.45) is 7.65. The van der Waals surface area contributed by atoms with Gasteiger partial charge in [0, 0.05) is 36.3 Å². The van der Waals surface area contributed by atoms with Crippen LogP contribution in [0.1, 0.15) is 10.6 Å². The van der Waals surface area contributed by atoms with Gasteiger partial charge in [0.05, 0.1) is 36.8 Å². The van der Waals surface area contributed by atoms with Crippen LogP contribution in [0, 0.1) is 0 Å². The lowest BCUT2D eigenvalue weighted by Crippen LogP contribution is -2.25. The summed E-state index contributed by atoms with van der Waals surface area (Å²) in [5.41, 5.74) is 2.85. The summed E-state index contributed by atoms with van der Waals surface area (Å²) in [5, 5.41) is 11.3. The topological polar surface area (TPSA) is 118 Å². The van der Waals surface area contributed by atoms with Crippen LogP contribution in [0.15, 0.2) is 37.1 Å². The van der Waals surface area contributed by atoms with E-state index < -0.39 is 0 Å². The van der Waals surface area contributed by atoms with E-state index in [2.05, 4.69) is 40.3 Å². The molecular formula is C18H17N9OS. The zero-order valence-electron chi connectivity index (χ0n) is 15.5. The molecule has 11 heteroatoms. The molecule has 146 valence electrons. The fourth-order valence-corrected chi connectivity index (χ4v) is 4.16. The van der Waals surface area contributed by atoms with Crippen LogP contribution in [0.5, 0.6) is 5.88 Å². The van der Waals surface area contributed by atoms with Gasteiger partial charge in [-0.05, 0) is 6.07 Å². The Morgan fingerprint density at radius 2 is 2.21 bits per heavy atom. The summed E-state index contributed by atoms with van der Waals surface area (Å²) in [6, 6.07) is 3.62. The van der Waals surface area contributed by atoms with Gasteiger partial charge in [0.15, 0.2) is 5.13 Å². The van der Waals surface area contributed by atoms with E-state index in [9.17, 15) is 0 Å². The Labute approximate surface area is 170 Å². The zero-order valence-corrected chi connectivity index (χ0v) is 16.3. The van der Waals surface area contributed by atoms with Crippen molar-refractivity contribution in [2.75, 3.05) is 23.9 Å². The van der Waals surface area contributed by atoms with Crippen molar-refractivity contribution < 1.29 is 4.74 Å². The first-order chi connectivity index (χ1) is 14.3. The average molecular weight is 407 g/mol. The summed E-state index contributed by atoms with van der Waals surface area (Å²) in [6.45, 7) is 1.50. The van der Waals surface area contributed by atoms with Crippen molar-refractivity contribution in [3.8, 4) is 17.1 Å². The molecule has 29 heavy (non-hydrogen) atoms. The van der Waals surface area contributed by atoms with E-state index >= 15 is 0 Å². The van der Waals surface area contributed by atoms with Crippen LogP contribution in [-0.2, 0) is 13.0 Å². The Balaban J connectivity index is 1.43. The third kappa shape index (κ3) is 3.47. The number of methoxy groups -OCH3 is 1. The van der Waals surface area contributed by atoms with Gasteiger partial charge < -0.3 is 9.64 Å². The number of aromatic amines is 1. The molecule has 0 aromatic carbocycles. The molecule has 1 aliphatic heterocycles. The molecule has 4 aromatic rings. The van der Waals surface area contributed by atoms with E-state index in [4.69, 9.17) is 9.72 Å². The quantitative estimate of drug-likeness (QED) is 0.514. The van der Waals surface area contributed by atoms with Gasteiger partial charge in [-0.15, -0.1) is 11.3 Å². The minimum atomic E-state index is 0.450. The lowest BCUT2D eigenvalue weighted by Gasteiger charge is -2.21. The number of nitrogens with zero attached hydrogens (tertiary/aromatic N) is 7. The molecule has 0 aliphatic carbocycles. The van der Waals surface area contributed by atoms with Gasteiger partial charge in [0.1, 0.15) is 12.1 Å². The first-order valence-electron chi connectivity index (χ1n) is 8.97. The molecule has 0 radical (unpaired) electrons. The van der Waals surface area contributed by atoms with Crippen molar-refractivity contribution in [3.05, 3.63) is 47.6 Å². The Morgan fingerprint density at radius 3 is 3.07 bits per heavy atom. The number of anilines is 3. The maximum atomic E-state index is 5.15. The Morgan fingerprint density at radius 1 is 1.24 bits per heavy atom. The molecule has 0 unspecified atom stereocenters. The number of hydrogen-bond donors (Lipinski definition) is 2. The minimum absolute atomic E-state index is 0.450. The largest absolute Gasteiger partial charge is 0.481 e. The lowest BCUT2D eigenvalue weighted by molar-refractivity contribution is 0.397. The van der Waals surface area contributed by atoms with Crippen molar-refractivity contribution in [2.45, 2.75) is 13.0 Å². The molecule has 1 aliphatic rings. The maximum absolute atomic E-state index is 5.15. The lowest BCUT2D eigenvalue weighted by atomic mass is 10.2. The highest BCUT2D eigenvalue weighted by atomic mass is 32.1. The van der Waals surface area contributed by atoms with E-state index in [-0.39, 0.29) is 0 Å². The third-order valence-electron chi connectivity index (χ3n) is 4.55. The monoisotopic (exact) mass is 407 g/mol. The van der Waals surface area contributed by atoms with Crippen LogP contribution in [0.25, 0.3) is 11.3 Å². The maximum Gasteiger partial charge on any atom is 0.232 e. The van der Waals surface area contributed by atoms with E-state index in [0.717, 1.165) is 40.9 Å². The van der Waals surface area contributed by atoms with Crippen LogP contribution in [-0.4, -0.2) is 48.8 Å². The summed E-state index contributed by atoms with van der Waals surface area (Å²) in [5.74, 6) is 1.89. The molecule has 10 nitrogen and oxygen atoms in total. The molecule has 2 N–H and O–H groups in total. The van der Waals surface area contributed by atoms with Crippen LogP contribution in [0.3, 0.4) is 0 Å². The van der Waals surface area contributed by atoms with E-state index in [0.29, 0.717) is 18.4 Å². The molecule has 5 heterocycles. The number of rotatable bonds is 5. The second-order valence-electron chi connectivity index (χ2n) is 6.34. The molecule has 0 fully saturated rings. The number of H-pyrrole nitrogens is 1. The Kier molecular flexibility index (Phi) is 4.48. The minimum Gasteiger partial charge on any atom is -0.481 e. The molecule has 0 spiro atoms. The van der Waals surface area contributed by atoms with Gasteiger partial charge in [-0.2, -0.15) is 10.1 Å². The van der Waals surface area contributed by atoms with Gasteiger partial charge in [-0.1, -0.05) is 0 Å². The fraction of sp³-hybridized carbons (Fsp3) is 0.222. The first kappa shape index (κ1) is 17.5.